The van der Waals surface area contributed by atoms with Crippen molar-refractivity contribution in [1.82, 2.24) is 0 Å². The summed E-state index contributed by atoms with van der Waals surface area (Å²) < 4.78 is 5.25. The monoisotopic (exact) mass is 412 g/mol. The van der Waals surface area contributed by atoms with E-state index in [1.807, 2.05) is 6.07 Å². The summed E-state index contributed by atoms with van der Waals surface area (Å²) in [5, 5.41) is 5.35. The molecule has 152 valence electrons. The van der Waals surface area contributed by atoms with E-state index in [2.05, 4.69) is 22.8 Å². The van der Waals surface area contributed by atoms with Gasteiger partial charge in [0.2, 0.25) is 5.91 Å². The van der Waals surface area contributed by atoms with E-state index in [0.717, 1.165) is 17.7 Å². The number of fused-ring (bicyclic) bond motifs is 1. The second-order valence-electron chi connectivity index (χ2n) is 6.95. The normalized spacial score (nSPS) is 13.3. The quantitative estimate of drug-likeness (QED) is 0.534. The van der Waals surface area contributed by atoms with Gasteiger partial charge in [-0.15, -0.1) is 11.8 Å². The lowest BCUT2D eigenvalue weighted by Gasteiger charge is -2.14. The van der Waals surface area contributed by atoms with Gasteiger partial charge in [-0.1, -0.05) is 6.07 Å². The van der Waals surface area contributed by atoms with Gasteiger partial charge in [0.25, 0.3) is 5.91 Å². The highest BCUT2D eigenvalue weighted by atomic mass is 32.2. The van der Waals surface area contributed by atoms with Crippen molar-refractivity contribution in [3.05, 3.63) is 53.6 Å². The molecule has 0 unspecified atom stereocenters. The standard InChI is InChI=1S/C22H24N2O4S/c1-14(22(27)24-19-9-7-18(8-10-19)23-15(2)25)28-21(26)13-29-20-11-6-16-4-3-5-17(16)12-20/h6-12,14H,3-5,13H2,1-2H3,(H,23,25)(H,24,27)/t14-/m1/s1. The van der Waals surface area contributed by atoms with Crippen LogP contribution in [-0.4, -0.2) is 29.6 Å². The fourth-order valence-corrected chi connectivity index (χ4v) is 3.89. The topological polar surface area (TPSA) is 84.5 Å². The molecule has 0 fully saturated rings. The molecule has 0 aliphatic heterocycles. The molecule has 6 nitrogen and oxygen atoms in total. The minimum Gasteiger partial charge on any atom is -0.452 e. The first-order valence-corrected chi connectivity index (χ1v) is 10.5. The third-order valence-electron chi connectivity index (χ3n) is 4.58. The first-order valence-electron chi connectivity index (χ1n) is 9.53. The summed E-state index contributed by atoms with van der Waals surface area (Å²) in [5.74, 6) is -0.852. The lowest BCUT2D eigenvalue weighted by Crippen LogP contribution is -2.30. The van der Waals surface area contributed by atoms with Crippen LogP contribution in [-0.2, 0) is 32.0 Å². The van der Waals surface area contributed by atoms with Crippen molar-refractivity contribution < 1.29 is 19.1 Å². The van der Waals surface area contributed by atoms with Gasteiger partial charge in [-0.25, -0.2) is 0 Å². The number of carbonyl (C=O) groups is 3. The van der Waals surface area contributed by atoms with Crippen LogP contribution < -0.4 is 10.6 Å². The van der Waals surface area contributed by atoms with Gasteiger partial charge in [-0.2, -0.15) is 0 Å². The number of amides is 2. The van der Waals surface area contributed by atoms with Crippen LogP contribution in [0.4, 0.5) is 11.4 Å². The molecule has 29 heavy (non-hydrogen) atoms. The Hall–Kier alpha value is -2.80. The summed E-state index contributed by atoms with van der Waals surface area (Å²) in [6, 6.07) is 13.0. The minimum absolute atomic E-state index is 0.155. The maximum absolute atomic E-state index is 12.2. The maximum Gasteiger partial charge on any atom is 0.317 e. The minimum atomic E-state index is -0.904. The fraction of sp³-hybridized carbons (Fsp3) is 0.318. The zero-order valence-corrected chi connectivity index (χ0v) is 17.3. The Morgan fingerprint density at radius 3 is 2.34 bits per heavy atom. The van der Waals surface area contributed by atoms with E-state index in [4.69, 9.17) is 4.74 Å². The van der Waals surface area contributed by atoms with E-state index in [9.17, 15) is 14.4 Å². The van der Waals surface area contributed by atoms with Gasteiger partial charge >= 0.3 is 5.97 Å². The number of rotatable bonds is 7. The third kappa shape index (κ3) is 6.09. The zero-order valence-electron chi connectivity index (χ0n) is 16.5. The first-order chi connectivity index (χ1) is 13.9. The number of hydrogen-bond acceptors (Lipinski definition) is 5. The SMILES string of the molecule is CC(=O)Nc1ccc(NC(=O)[C@@H](C)OC(=O)CSc2ccc3c(c2)CCC3)cc1. The largest absolute Gasteiger partial charge is 0.452 e. The van der Waals surface area contributed by atoms with E-state index >= 15 is 0 Å². The van der Waals surface area contributed by atoms with E-state index in [-0.39, 0.29) is 11.7 Å². The van der Waals surface area contributed by atoms with Gasteiger partial charge < -0.3 is 15.4 Å². The summed E-state index contributed by atoms with van der Waals surface area (Å²) in [6.45, 7) is 2.97. The molecule has 1 aliphatic carbocycles. The van der Waals surface area contributed by atoms with E-state index in [1.54, 1.807) is 31.2 Å². The highest BCUT2D eigenvalue weighted by Crippen LogP contribution is 2.27. The number of carbonyl (C=O) groups excluding carboxylic acids is 3. The number of thioether (sulfide) groups is 1. The molecule has 0 spiro atoms. The van der Waals surface area contributed by atoms with Crippen molar-refractivity contribution in [2.24, 2.45) is 0 Å². The number of nitrogens with one attached hydrogen (secondary N) is 2. The number of ether oxygens (including phenoxy) is 1. The Morgan fingerprint density at radius 2 is 1.66 bits per heavy atom. The van der Waals surface area contributed by atoms with Crippen LogP contribution in [0.25, 0.3) is 0 Å². The Morgan fingerprint density at radius 1 is 1.00 bits per heavy atom. The molecule has 2 N–H and O–H groups in total. The average molecular weight is 413 g/mol. The van der Waals surface area contributed by atoms with Crippen molar-refractivity contribution in [2.75, 3.05) is 16.4 Å². The van der Waals surface area contributed by atoms with E-state index in [1.165, 1.54) is 36.2 Å². The lowest BCUT2D eigenvalue weighted by molar-refractivity contribution is -0.150. The van der Waals surface area contributed by atoms with Crippen molar-refractivity contribution >= 4 is 40.9 Å². The molecule has 0 aromatic heterocycles. The van der Waals surface area contributed by atoms with Gasteiger partial charge in [0, 0.05) is 23.2 Å². The molecule has 1 atom stereocenters. The highest BCUT2D eigenvalue weighted by Gasteiger charge is 2.18. The molecule has 7 heteroatoms. The Balaban J connectivity index is 1.45. The smallest absolute Gasteiger partial charge is 0.317 e. The second-order valence-corrected chi connectivity index (χ2v) is 8.00. The zero-order chi connectivity index (χ0) is 20.8. The molecule has 2 aromatic rings. The van der Waals surface area contributed by atoms with Crippen LogP contribution in [0.3, 0.4) is 0 Å². The Kier molecular flexibility index (Phi) is 6.93. The average Bonchev–Trinajstić information content (AvgIpc) is 3.15. The van der Waals surface area contributed by atoms with E-state index in [0.29, 0.717) is 11.4 Å². The molecule has 0 saturated heterocycles. The summed E-state index contributed by atoms with van der Waals surface area (Å²) >= 11 is 1.42. The van der Waals surface area contributed by atoms with Crippen molar-refractivity contribution in [2.45, 2.75) is 44.1 Å². The summed E-state index contributed by atoms with van der Waals surface area (Å²) in [7, 11) is 0. The van der Waals surface area contributed by atoms with Crippen LogP contribution in [0.2, 0.25) is 0 Å². The number of aryl methyl sites for hydroxylation is 2. The molecule has 0 bridgehead atoms. The van der Waals surface area contributed by atoms with Crippen LogP contribution in [0.15, 0.2) is 47.4 Å². The van der Waals surface area contributed by atoms with Gasteiger partial charge in [0.1, 0.15) is 0 Å². The van der Waals surface area contributed by atoms with Crippen LogP contribution in [0, 0.1) is 0 Å². The van der Waals surface area contributed by atoms with Gasteiger partial charge in [0.15, 0.2) is 6.10 Å². The summed E-state index contributed by atoms with van der Waals surface area (Å²) in [4.78, 5) is 36.4. The molecule has 3 rings (SSSR count). The molecule has 0 saturated carbocycles. The van der Waals surface area contributed by atoms with Crippen molar-refractivity contribution in [3.8, 4) is 0 Å². The maximum atomic E-state index is 12.2. The predicted octanol–water partition coefficient (Wildman–Crippen LogP) is 3.80. The summed E-state index contributed by atoms with van der Waals surface area (Å²) in [6.07, 6.45) is 2.51. The molecule has 2 amide bonds. The highest BCUT2D eigenvalue weighted by molar-refractivity contribution is 8.00. The predicted molar refractivity (Wildman–Crippen MR) is 114 cm³/mol. The van der Waals surface area contributed by atoms with Crippen molar-refractivity contribution in [1.29, 1.82) is 0 Å². The van der Waals surface area contributed by atoms with Crippen LogP contribution in [0.1, 0.15) is 31.4 Å². The summed E-state index contributed by atoms with van der Waals surface area (Å²) in [5.41, 5.74) is 3.95. The second kappa shape index (κ2) is 9.60. The lowest BCUT2D eigenvalue weighted by atomic mass is 10.1. The first kappa shape index (κ1) is 20.9. The van der Waals surface area contributed by atoms with Crippen LogP contribution in [0.5, 0.6) is 0 Å². The number of benzene rings is 2. The van der Waals surface area contributed by atoms with Gasteiger partial charge in [0.05, 0.1) is 5.75 Å². The fourth-order valence-electron chi connectivity index (χ4n) is 3.15. The molecule has 1 aliphatic rings. The Labute approximate surface area is 174 Å². The molecular formula is C22H24N2O4S. The number of anilines is 2. The van der Waals surface area contributed by atoms with Crippen molar-refractivity contribution in [3.63, 3.8) is 0 Å². The van der Waals surface area contributed by atoms with E-state index < -0.39 is 18.0 Å². The number of hydrogen-bond donors (Lipinski definition) is 2. The van der Waals surface area contributed by atoms with Gasteiger partial charge in [-0.05, 0) is 73.7 Å². The van der Waals surface area contributed by atoms with Crippen LogP contribution >= 0.6 is 11.8 Å². The molecule has 0 radical (unpaired) electrons. The molecular weight excluding hydrogens is 388 g/mol. The van der Waals surface area contributed by atoms with Gasteiger partial charge in [-0.3, -0.25) is 14.4 Å². The molecule has 0 heterocycles. The third-order valence-corrected chi connectivity index (χ3v) is 5.54. The molecule has 2 aromatic carbocycles. The number of esters is 1. The Bertz CT molecular complexity index is 912.